The van der Waals surface area contributed by atoms with Crippen molar-refractivity contribution in [2.75, 3.05) is 0 Å². The van der Waals surface area contributed by atoms with Gasteiger partial charge in [0.25, 0.3) is 5.91 Å². The van der Waals surface area contributed by atoms with Gasteiger partial charge in [-0.15, -0.1) is 0 Å². The van der Waals surface area contributed by atoms with E-state index in [-0.39, 0.29) is 5.91 Å². The molecule has 2 aromatic carbocycles. The summed E-state index contributed by atoms with van der Waals surface area (Å²) in [5, 5.41) is 2.85. The van der Waals surface area contributed by atoms with Crippen molar-refractivity contribution in [1.82, 2.24) is 14.9 Å². The maximum atomic E-state index is 12.4. The zero-order chi connectivity index (χ0) is 18.6. The molecule has 1 aliphatic rings. The Morgan fingerprint density at radius 2 is 1.93 bits per heavy atom. The quantitative estimate of drug-likeness (QED) is 0.708. The van der Waals surface area contributed by atoms with Crippen LogP contribution in [0.5, 0.6) is 0 Å². The van der Waals surface area contributed by atoms with Gasteiger partial charge < -0.3 is 14.6 Å². The molecule has 1 N–H and O–H groups in total. The molecule has 0 saturated heterocycles. The van der Waals surface area contributed by atoms with Crippen molar-refractivity contribution in [3.63, 3.8) is 0 Å². The zero-order valence-electron chi connectivity index (χ0n) is 14.7. The van der Waals surface area contributed by atoms with Gasteiger partial charge in [0.2, 0.25) is 0 Å². The smallest absolute Gasteiger partial charge is 0.339 e. The van der Waals surface area contributed by atoms with Crippen molar-refractivity contribution in [3.8, 4) is 0 Å². The minimum atomic E-state index is -0.784. The lowest BCUT2D eigenvalue weighted by molar-refractivity contribution is -0.130. The largest absolute Gasteiger partial charge is 0.448 e. The van der Waals surface area contributed by atoms with Gasteiger partial charge in [0.15, 0.2) is 6.10 Å². The van der Waals surface area contributed by atoms with E-state index in [2.05, 4.69) is 10.3 Å². The molecule has 3 aromatic rings. The van der Waals surface area contributed by atoms with Crippen LogP contribution < -0.4 is 5.32 Å². The summed E-state index contributed by atoms with van der Waals surface area (Å²) in [7, 11) is 0. The minimum absolute atomic E-state index is 0.277. The Bertz CT molecular complexity index is 949. The minimum Gasteiger partial charge on any atom is -0.448 e. The number of carbonyl (C=O) groups is 2. The standard InChI is InChI=1S/C21H19N3O3/c25-20(19-11-17-3-1-2-4-18(17)21(26)27-19)23-12-15-5-7-16(8-6-15)13-24-10-9-22-14-24/h1-10,14,19H,11-13H2,(H,23,25). The molecule has 2 heterocycles. The van der Waals surface area contributed by atoms with Gasteiger partial charge in [-0.2, -0.15) is 0 Å². The van der Waals surface area contributed by atoms with Crippen molar-refractivity contribution in [3.05, 3.63) is 89.5 Å². The summed E-state index contributed by atoms with van der Waals surface area (Å²) in [5.74, 6) is -0.721. The number of nitrogens with zero attached hydrogens (tertiary/aromatic N) is 2. The number of imidazole rings is 1. The average molecular weight is 361 g/mol. The molecule has 0 aliphatic carbocycles. The molecule has 1 amide bonds. The van der Waals surface area contributed by atoms with E-state index in [4.69, 9.17) is 4.74 Å². The Balaban J connectivity index is 1.33. The van der Waals surface area contributed by atoms with Crippen molar-refractivity contribution in [1.29, 1.82) is 0 Å². The van der Waals surface area contributed by atoms with E-state index >= 15 is 0 Å². The highest BCUT2D eigenvalue weighted by Crippen LogP contribution is 2.20. The zero-order valence-corrected chi connectivity index (χ0v) is 14.7. The summed E-state index contributed by atoms with van der Waals surface area (Å²) in [4.78, 5) is 28.5. The number of amides is 1. The number of benzene rings is 2. The molecule has 0 spiro atoms. The highest BCUT2D eigenvalue weighted by atomic mass is 16.5. The second kappa shape index (κ2) is 7.45. The third-order valence-electron chi connectivity index (χ3n) is 4.60. The number of fused-ring (bicyclic) bond motifs is 1. The molecular formula is C21H19N3O3. The third kappa shape index (κ3) is 3.89. The first-order valence-electron chi connectivity index (χ1n) is 8.79. The molecule has 1 unspecified atom stereocenters. The fraction of sp³-hybridized carbons (Fsp3) is 0.190. The second-order valence-corrected chi connectivity index (χ2v) is 6.52. The molecule has 4 rings (SSSR count). The van der Waals surface area contributed by atoms with Crippen LogP contribution in [0.1, 0.15) is 27.0 Å². The number of hydrogen-bond donors (Lipinski definition) is 1. The molecule has 0 radical (unpaired) electrons. The number of rotatable bonds is 5. The molecule has 136 valence electrons. The van der Waals surface area contributed by atoms with Crippen molar-refractivity contribution >= 4 is 11.9 Å². The number of hydrogen-bond acceptors (Lipinski definition) is 4. The van der Waals surface area contributed by atoms with Crippen molar-refractivity contribution in [2.45, 2.75) is 25.6 Å². The number of esters is 1. The van der Waals surface area contributed by atoms with E-state index in [0.29, 0.717) is 18.5 Å². The first-order chi connectivity index (χ1) is 13.2. The fourth-order valence-electron chi connectivity index (χ4n) is 3.13. The first kappa shape index (κ1) is 17.0. The third-order valence-corrected chi connectivity index (χ3v) is 4.60. The highest BCUT2D eigenvalue weighted by Gasteiger charge is 2.30. The maximum Gasteiger partial charge on any atom is 0.339 e. The molecule has 27 heavy (non-hydrogen) atoms. The Hall–Kier alpha value is -3.41. The van der Waals surface area contributed by atoms with E-state index in [0.717, 1.165) is 23.2 Å². The first-order valence-corrected chi connectivity index (χ1v) is 8.79. The summed E-state index contributed by atoms with van der Waals surface area (Å²) >= 11 is 0. The monoisotopic (exact) mass is 361 g/mol. The highest BCUT2D eigenvalue weighted by molar-refractivity contribution is 5.95. The lowest BCUT2D eigenvalue weighted by atomic mass is 9.98. The maximum absolute atomic E-state index is 12.4. The molecule has 1 aromatic heterocycles. The molecule has 0 fully saturated rings. The molecule has 6 heteroatoms. The fourth-order valence-corrected chi connectivity index (χ4v) is 3.13. The SMILES string of the molecule is O=C1OC(C(=O)NCc2ccc(Cn3ccnc3)cc2)Cc2ccccc21. The molecule has 0 saturated carbocycles. The van der Waals surface area contributed by atoms with E-state index in [9.17, 15) is 9.59 Å². The van der Waals surface area contributed by atoms with Gasteiger partial charge in [-0.1, -0.05) is 42.5 Å². The van der Waals surface area contributed by atoms with Gasteiger partial charge >= 0.3 is 5.97 Å². The van der Waals surface area contributed by atoms with Crippen LogP contribution in [0, 0.1) is 0 Å². The summed E-state index contributed by atoms with van der Waals surface area (Å²) in [6, 6.07) is 15.2. The number of cyclic esters (lactones) is 1. The summed E-state index contributed by atoms with van der Waals surface area (Å²) in [6.45, 7) is 1.14. The van der Waals surface area contributed by atoms with Gasteiger partial charge in [-0.05, 0) is 22.8 Å². The van der Waals surface area contributed by atoms with Gasteiger partial charge in [0, 0.05) is 31.9 Å². The molecular weight excluding hydrogens is 342 g/mol. The molecule has 1 atom stereocenters. The lowest BCUT2D eigenvalue weighted by Crippen LogP contribution is -2.41. The van der Waals surface area contributed by atoms with Crippen LogP contribution in [0.25, 0.3) is 0 Å². The summed E-state index contributed by atoms with van der Waals surface area (Å²) in [6.07, 6.45) is 5.06. The van der Waals surface area contributed by atoms with Crippen LogP contribution in [0.2, 0.25) is 0 Å². The Morgan fingerprint density at radius 3 is 2.70 bits per heavy atom. The Labute approximate surface area is 156 Å². The van der Waals surface area contributed by atoms with Crippen LogP contribution in [0.15, 0.2) is 67.3 Å². The van der Waals surface area contributed by atoms with Crippen LogP contribution in [0.4, 0.5) is 0 Å². The van der Waals surface area contributed by atoms with Gasteiger partial charge in [0.05, 0.1) is 11.9 Å². The predicted molar refractivity (Wildman–Crippen MR) is 99.0 cm³/mol. The normalized spacial score (nSPS) is 15.7. The lowest BCUT2D eigenvalue weighted by Gasteiger charge is -2.23. The molecule has 0 bridgehead atoms. The van der Waals surface area contributed by atoms with Crippen LogP contribution in [-0.2, 0) is 29.0 Å². The topological polar surface area (TPSA) is 73.2 Å². The van der Waals surface area contributed by atoms with E-state index in [1.165, 1.54) is 0 Å². The second-order valence-electron chi connectivity index (χ2n) is 6.52. The van der Waals surface area contributed by atoms with Crippen LogP contribution in [0.3, 0.4) is 0 Å². The number of carbonyl (C=O) groups excluding carboxylic acids is 2. The Kier molecular flexibility index (Phi) is 4.70. The van der Waals surface area contributed by atoms with Crippen LogP contribution in [-0.4, -0.2) is 27.5 Å². The average Bonchev–Trinajstić information content (AvgIpc) is 3.20. The number of nitrogens with one attached hydrogen (secondary N) is 1. The molecule has 6 nitrogen and oxygen atoms in total. The summed E-state index contributed by atoms with van der Waals surface area (Å²) in [5.41, 5.74) is 3.52. The van der Waals surface area contributed by atoms with Crippen molar-refractivity contribution in [2.24, 2.45) is 0 Å². The number of ether oxygens (including phenoxy) is 1. The van der Waals surface area contributed by atoms with Gasteiger partial charge in [0.1, 0.15) is 0 Å². The summed E-state index contributed by atoms with van der Waals surface area (Å²) < 4.78 is 7.27. The van der Waals surface area contributed by atoms with Crippen molar-refractivity contribution < 1.29 is 14.3 Å². The predicted octanol–water partition coefficient (Wildman–Crippen LogP) is 2.33. The number of aromatic nitrogens is 2. The van der Waals surface area contributed by atoms with E-state index < -0.39 is 12.1 Å². The van der Waals surface area contributed by atoms with Crippen LogP contribution >= 0.6 is 0 Å². The molecule has 1 aliphatic heterocycles. The van der Waals surface area contributed by atoms with E-state index in [1.807, 2.05) is 47.2 Å². The van der Waals surface area contributed by atoms with Gasteiger partial charge in [-0.3, -0.25) is 4.79 Å². The van der Waals surface area contributed by atoms with E-state index in [1.54, 1.807) is 24.7 Å². The Morgan fingerprint density at radius 1 is 1.15 bits per heavy atom. The van der Waals surface area contributed by atoms with Gasteiger partial charge in [-0.25, -0.2) is 9.78 Å².